The number of aromatic nitrogens is 2. The van der Waals surface area contributed by atoms with Crippen LogP contribution in [0.15, 0.2) is 12.4 Å². The van der Waals surface area contributed by atoms with Gasteiger partial charge in [-0.15, -0.1) is 0 Å². The fourth-order valence-corrected chi connectivity index (χ4v) is 1.25. The lowest BCUT2D eigenvalue weighted by molar-refractivity contribution is 0.311. The van der Waals surface area contributed by atoms with E-state index in [4.69, 9.17) is 4.74 Å². The fourth-order valence-electron chi connectivity index (χ4n) is 1.25. The normalized spacial score (nSPS) is 11.4. The van der Waals surface area contributed by atoms with Crippen LogP contribution in [0.25, 0.3) is 0 Å². The van der Waals surface area contributed by atoms with Gasteiger partial charge in [0.2, 0.25) is 0 Å². The van der Waals surface area contributed by atoms with Crippen molar-refractivity contribution in [2.45, 2.75) is 34.1 Å². The molecule has 0 amide bonds. The molecule has 1 heterocycles. The average Bonchev–Trinajstić information content (AvgIpc) is 2.06. The molecule has 0 aromatic carbocycles. The fraction of sp³-hybridized carbons (Fsp3) is 0.636. The van der Waals surface area contributed by atoms with Crippen molar-refractivity contribution >= 4 is 0 Å². The molecular weight excluding hydrogens is 176 g/mol. The smallest absolute Gasteiger partial charge is 0.316 e. The van der Waals surface area contributed by atoms with Gasteiger partial charge in [0.1, 0.15) is 0 Å². The van der Waals surface area contributed by atoms with Gasteiger partial charge >= 0.3 is 6.01 Å². The summed E-state index contributed by atoms with van der Waals surface area (Å²) in [6.45, 7) is 9.13. The van der Waals surface area contributed by atoms with Crippen molar-refractivity contribution in [1.82, 2.24) is 9.97 Å². The summed E-state index contributed by atoms with van der Waals surface area (Å²) in [5, 5.41) is 0. The van der Waals surface area contributed by atoms with Crippen molar-refractivity contribution in [2.75, 3.05) is 6.61 Å². The van der Waals surface area contributed by atoms with Gasteiger partial charge in [-0.1, -0.05) is 20.8 Å². The van der Waals surface area contributed by atoms with E-state index in [1.807, 2.05) is 19.3 Å². The summed E-state index contributed by atoms with van der Waals surface area (Å²) >= 11 is 0. The Bertz CT molecular complexity index is 274. The average molecular weight is 194 g/mol. The van der Waals surface area contributed by atoms with Crippen molar-refractivity contribution in [2.24, 2.45) is 5.41 Å². The Morgan fingerprint density at radius 2 is 1.79 bits per heavy atom. The highest BCUT2D eigenvalue weighted by atomic mass is 16.5. The molecule has 0 aliphatic carbocycles. The monoisotopic (exact) mass is 194 g/mol. The molecule has 1 rings (SSSR count). The van der Waals surface area contributed by atoms with E-state index < -0.39 is 0 Å². The van der Waals surface area contributed by atoms with E-state index in [0.717, 1.165) is 12.0 Å². The number of rotatable bonds is 3. The lowest BCUT2D eigenvalue weighted by Crippen LogP contribution is -2.10. The Morgan fingerprint density at radius 3 is 2.21 bits per heavy atom. The molecular formula is C11H18N2O. The molecule has 3 nitrogen and oxygen atoms in total. The predicted octanol–water partition coefficient (Wildman–Crippen LogP) is 2.46. The van der Waals surface area contributed by atoms with Crippen LogP contribution in [0, 0.1) is 5.41 Å². The summed E-state index contributed by atoms with van der Waals surface area (Å²) < 4.78 is 5.17. The Balaban J connectivity index is 2.64. The quantitative estimate of drug-likeness (QED) is 0.741. The third-order valence-electron chi connectivity index (χ3n) is 1.69. The minimum atomic E-state index is 0.274. The zero-order valence-electron chi connectivity index (χ0n) is 9.37. The van der Waals surface area contributed by atoms with Gasteiger partial charge in [0.15, 0.2) is 0 Å². The van der Waals surface area contributed by atoms with Crippen LogP contribution in [-0.2, 0) is 6.42 Å². The van der Waals surface area contributed by atoms with Crippen LogP contribution < -0.4 is 4.74 Å². The van der Waals surface area contributed by atoms with Crippen molar-refractivity contribution < 1.29 is 4.74 Å². The van der Waals surface area contributed by atoms with Gasteiger partial charge in [0.05, 0.1) is 6.61 Å². The summed E-state index contributed by atoms with van der Waals surface area (Å²) in [6, 6.07) is 0.463. The van der Waals surface area contributed by atoms with Gasteiger partial charge in [-0.25, -0.2) is 9.97 Å². The van der Waals surface area contributed by atoms with Crippen molar-refractivity contribution in [3.63, 3.8) is 0 Å². The van der Waals surface area contributed by atoms with E-state index in [0.29, 0.717) is 12.6 Å². The van der Waals surface area contributed by atoms with Crippen LogP contribution in [0.3, 0.4) is 0 Å². The summed E-state index contributed by atoms with van der Waals surface area (Å²) in [5.74, 6) is 0. The Labute approximate surface area is 85.5 Å². The molecule has 0 fully saturated rings. The summed E-state index contributed by atoms with van der Waals surface area (Å²) in [4.78, 5) is 8.24. The predicted molar refractivity (Wildman–Crippen MR) is 56.4 cm³/mol. The molecule has 14 heavy (non-hydrogen) atoms. The number of ether oxygens (including phenoxy) is 1. The molecule has 0 atom stereocenters. The lowest BCUT2D eigenvalue weighted by atomic mass is 9.89. The maximum absolute atomic E-state index is 5.17. The highest BCUT2D eigenvalue weighted by Crippen LogP contribution is 2.19. The molecule has 0 aliphatic heterocycles. The van der Waals surface area contributed by atoms with Crippen LogP contribution >= 0.6 is 0 Å². The molecule has 0 bridgehead atoms. The zero-order chi connectivity index (χ0) is 10.6. The molecule has 0 saturated carbocycles. The first-order valence-corrected chi connectivity index (χ1v) is 4.95. The molecule has 0 N–H and O–H groups in total. The van der Waals surface area contributed by atoms with Crippen LogP contribution in [0.2, 0.25) is 0 Å². The van der Waals surface area contributed by atoms with E-state index >= 15 is 0 Å². The molecule has 1 aromatic rings. The first kappa shape index (κ1) is 11.0. The first-order chi connectivity index (χ1) is 6.51. The second kappa shape index (κ2) is 4.40. The number of hydrogen-bond acceptors (Lipinski definition) is 3. The molecule has 0 aliphatic rings. The van der Waals surface area contributed by atoms with E-state index in [2.05, 4.69) is 30.7 Å². The van der Waals surface area contributed by atoms with Gasteiger partial charge in [0, 0.05) is 12.4 Å². The number of nitrogens with zero attached hydrogens (tertiary/aromatic N) is 2. The standard InChI is InChI=1S/C11H18N2O/c1-5-14-10-12-7-9(8-13-10)6-11(2,3)4/h7-8H,5-6H2,1-4H3. The number of hydrogen-bond donors (Lipinski definition) is 0. The topological polar surface area (TPSA) is 35.0 Å². The van der Waals surface area contributed by atoms with Crippen LogP contribution in [-0.4, -0.2) is 16.6 Å². The highest BCUT2D eigenvalue weighted by Gasteiger charge is 2.11. The maximum Gasteiger partial charge on any atom is 0.316 e. The van der Waals surface area contributed by atoms with E-state index in [1.165, 1.54) is 0 Å². The minimum Gasteiger partial charge on any atom is -0.464 e. The van der Waals surface area contributed by atoms with Gasteiger partial charge in [-0.3, -0.25) is 0 Å². The third kappa shape index (κ3) is 3.73. The molecule has 0 saturated heterocycles. The molecule has 78 valence electrons. The molecule has 1 aromatic heterocycles. The SMILES string of the molecule is CCOc1ncc(CC(C)(C)C)cn1. The second-order valence-corrected chi connectivity index (χ2v) is 4.54. The molecule has 0 radical (unpaired) electrons. The second-order valence-electron chi connectivity index (χ2n) is 4.54. The summed E-state index contributed by atoms with van der Waals surface area (Å²) in [5.41, 5.74) is 1.43. The lowest BCUT2D eigenvalue weighted by Gasteiger charge is -2.17. The third-order valence-corrected chi connectivity index (χ3v) is 1.69. The van der Waals surface area contributed by atoms with Gasteiger partial charge in [-0.05, 0) is 24.3 Å². The summed E-state index contributed by atoms with van der Waals surface area (Å²) in [7, 11) is 0. The van der Waals surface area contributed by atoms with Crippen molar-refractivity contribution in [3.8, 4) is 6.01 Å². The Hall–Kier alpha value is -1.12. The maximum atomic E-state index is 5.17. The van der Waals surface area contributed by atoms with Crippen molar-refractivity contribution in [3.05, 3.63) is 18.0 Å². The first-order valence-electron chi connectivity index (χ1n) is 4.95. The van der Waals surface area contributed by atoms with E-state index in [1.54, 1.807) is 0 Å². The van der Waals surface area contributed by atoms with E-state index in [-0.39, 0.29) is 5.41 Å². The van der Waals surface area contributed by atoms with Gasteiger partial charge in [0.25, 0.3) is 0 Å². The summed E-state index contributed by atoms with van der Waals surface area (Å²) in [6.07, 6.45) is 4.66. The Kier molecular flexibility index (Phi) is 3.44. The molecule has 0 spiro atoms. The zero-order valence-corrected chi connectivity index (χ0v) is 9.37. The Morgan fingerprint density at radius 1 is 1.21 bits per heavy atom. The minimum absolute atomic E-state index is 0.274. The highest BCUT2D eigenvalue weighted by molar-refractivity contribution is 5.09. The van der Waals surface area contributed by atoms with Crippen molar-refractivity contribution in [1.29, 1.82) is 0 Å². The molecule has 0 unspecified atom stereocenters. The van der Waals surface area contributed by atoms with Gasteiger partial charge < -0.3 is 4.74 Å². The van der Waals surface area contributed by atoms with E-state index in [9.17, 15) is 0 Å². The van der Waals surface area contributed by atoms with Gasteiger partial charge in [-0.2, -0.15) is 0 Å². The van der Waals surface area contributed by atoms with Crippen LogP contribution in [0.5, 0.6) is 6.01 Å². The van der Waals surface area contributed by atoms with Crippen LogP contribution in [0.1, 0.15) is 33.3 Å². The molecule has 3 heteroatoms. The van der Waals surface area contributed by atoms with Crippen LogP contribution in [0.4, 0.5) is 0 Å². The largest absolute Gasteiger partial charge is 0.464 e.